The summed E-state index contributed by atoms with van der Waals surface area (Å²) < 4.78 is 0. The summed E-state index contributed by atoms with van der Waals surface area (Å²) in [4.78, 5) is 2.41. The number of nitrogens with one attached hydrogen (secondary N) is 2. The normalized spacial score (nSPS) is 12.6. The van der Waals surface area contributed by atoms with Crippen molar-refractivity contribution in [1.82, 2.24) is 15.1 Å². The van der Waals surface area contributed by atoms with E-state index in [0.29, 0.717) is 0 Å². The van der Waals surface area contributed by atoms with Gasteiger partial charge in [0.1, 0.15) is 0 Å². The zero-order chi connectivity index (χ0) is 14.4. The maximum atomic E-state index is 3.99. The van der Waals surface area contributed by atoms with Crippen LogP contribution in [0.1, 0.15) is 38.1 Å². The van der Waals surface area contributed by atoms with Crippen molar-refractivity contribution in [3.63, 3.8) is 0 Å². The number of nitrogens with zero attached hydrogens (tertiary/aromatic N) is 2. The molecule has 4 heteroatoms. The molecule has 1 aromatic heterocycles. The van der Waals surface area contributed by atoms with Crippen LogP contribution in [0, 0.1) is 0 Å². The molecule has 0 bridgehead atoms. The van der Waals surface area contributed by atoms with Gasteiger partial charge in [-0.1, -0.05) is 26.0 Å². The van der Waals surface area contributed by atoms with Crippen LogP contribution in [0.4, 0.5) is 5.69 Å². The molecule has 0 fully saturated rings. The molecule has 0 saturated carbocycles. The van der Waals surface area contributed by atoms with Gasteiger partial charge >= 0.3 is 0 Å². The average Bonchev–Trinajstić information content (AvgIpc) is 2.99. The first-order valence-corrected chi connectivity index (χ1v) is 7.30. The quantitative estimate of drug-likeness (QED) is 0.811. The molecule has 2 N–H and O–H groups in total. The number of aromatic nitrogens is 2. The number of hydrogen-bond acceptors (Lipinski definition) is 3. The fraction of sp³-hybridized carbons (Fsp3) is 0.438. The lowest BCUT2D eigenvalue weighted by Gasteiger charge is -2.19. The van der Waals surface area contributed by atoms with Crippen LogP contribution in [0.2, 0.25) is 0 Å². The fourth-order valence-electron chi connectivity index (χ4n) is 2.30. The molecular weight excluding hydrogens is 248 g/mol. The summed E-state index contributed by atoms with van der Waals surface area (Å²) in [6.07, 6.45) is 1.78. The van der Waals surface area contributed by atoms with Crippen molar-refractivity contribution in [2.75, 3.05) is 18.4 Å². The van der Waals surface area contributed by atoms with Crippen molar-refractivity contribution in [1.29, 1.82) is 0 Å². The summed E-state index contributed by atoms with van der Waals surface area (Å²) in [7, 11) is 0. The Morgan fingerprint density at radius 3 is 2.70 bits per heavy atom. The minimum atomic E-state index is 0.223. The summed E-state index contributed by atoms with van der Waals surface area (Å²) in [6, 6.07) is 10.9. The maximum Gasteiger partial charge on any atom is 0.0651 e. The summed E-state index contributed by atoms with van der Waals surface area (Å²) in [5, 5.41) is 10.5. The number of anilines is 1. The highest BCUT2D eigenvalue weighted by Gasteiger charge is 2.07. The highest BCUT2D eigenvalue weighted by atomic mass is 15.1. The molecule has 0 aliphatic heterocycles. The van der Waals surface area contributed by atoms with Gasteiger partial charge in [-0.05, 0) is 43.8 Å². The molecule has 1 atom stereocenters. The van der Waals surface area contributed by atoms with Gasteiger partial charge in [-0.15, -0.1) is 0 Å². The minimum absolute atomic E-state index is 0.223. The predicted octanol–water partition coefficient (Wildman–Crippen LogP) is 3.42. The number of hydrogen-bond donors (Lipinski definition) is 2. The van der Waals surface area contributed by atoms with E-state index in [2.05, 4.69) is 65.5 Å². The van der Waals surface area contributed by atoms with Gasteiger partial charge in [-0.25, -0.2) is 0 Å². The van der Waals surface area contributed by atoms with Gasteiger partial charge in [-0.2, -0.15) is 5.10 Å². The summed E-state index contributed by atoms with van der Waals surface area (Å²) >= 11 is 0. The van der Waals surface area contributed by atoms with Gasteiger partial charge in [0.2, 0.25) is 0 Å². The Morgan fingerprint density at radius 2 is 2.05 bits per heavy atom. The number of aromatic amines is 1. The molecular formula is C16H24N4. The third-order valence-corrected chi connectivity index (χ3v) is 3.60. The molecule has 1 heterocycles. The first kappa shape index (κ1) is 14.6. The highest BCUT2D eigenvalue weighted by Crippen LogP contribution is 2.19. The van der Waals surface area contributed by atoms with E-state index in [9.17, 15) is 0 Å². The standard InChI is InChI=1S/C16H24N4/c1-4-20(5-2)12-14-7-6-8-15(11-14)18-13(3)16-9-10-17-19-16/h6-11,13,18H,4-5,12H2,1-3H3,(H,17,19). The second-order valence-electron chi connectivity index (χ2n) is 5.04. The summed E-state index contributed by atoms with van der Waals surface area (Å²) in [5.74, 6) is 0. The van der Waals surface area contributed by atoms with Gasteiger partial charge in [0, 0.05) is 18.4 Å². The van der Waals surface area contributed by atoms with E-state index >= 15 is 0 Å². The van der Waals surface area contributed by atoms with Crippen LogP contribution in [0.5, 0.6) is 0 Å². The molecule has 0 aliphatic rings. The summed E-state index contributed by atoms with van der Waals surface area (Å²) in [6.45, 7) is 9.70. The monoisotopic (exact) mass is 272 g/mol. The molecule has 1 aromatic carbocycles. The number of benzene rings is 1. The zero-order valence-electron chi connectivity index (χ0n) is 12.6. The Hall–Kier alpha value is -1.81. The van der Waals surface area contributed by atoms with Gasteiger partial charge in [0.15, 0.2) is 0 Å². The van der Waals surface area contributed by atoms with Crippen LogP contribution >= 0.6 is 0 Å². The van der Waals surface area contributed by atoms with Gasteiger partial charge in [0.25, 0.3) is 0 Å². The zero-order valence-corrected chi connectivity index (χ0v) is 12.6. The van der Waals surface area contributed by atoms with Crippen LogP contribution in [0.3, 0.4) is 0 Å². The van der Waals surface area contributed by atoms with Crippen LogP contribution in [-0.2, 0) is 6.54 Å². The number of rotatable bonds is 7. The SMILES string of the molecule is CCN(CC)Cc1cccc(NC(C)c2ccn[nH]2)c1. The lowest BCUT2D eigenvalue weighted by molar-refractivity contribution is 0.296. The van der Waals surface area contributed by atoms with Gasteiger partial charge in [0.05, 0.1) is 11.7 Å². The van der Waals surface area contributed by atoms with E-state index in [4.69, 9.17) is 0 Å². The van der Waals surface area contributed by atoms with Gasteiger partial charge in [-0.3, -0.25) is 10.00 Å². The molecule has 0 radical (unpaired) electrons. The Labute approximate surface area is 121 Å². The van der Waals surface area contributed by atoms with E-state index in [0.717, 1.165) is 31.0 Å². The maximum absolute atomic E-state index is 3.99. The van der Waals surface area contributed by atoms with Crippen molar-refractivity contribution in [3.05, 3.63) is 47.8 Å². The van der Waals surface area contributed by atoms with E-state index in [1.807, 2.05) is 6.07 Å². The molecule has 0 saturated heterocycles. The van der Waals surface area contributed by atoms with Crippen molar-refractivity contribution in [2.24, 2.45) is 0 Å². The van der Waals surface area contributed by atoms with Crippen LogP contribution in [0.25, 0.3) is 0 Å². The Kier molecular flexibility index (Phi) is 5.18. The summed E-state index contributed by atoms with van der Waals surface area (Å²) in [5.41, 5.74) is 3.59. The van der Waals surface area contributed by atoms with E-state index in [1.54, 1.807) is 6.20 Å². The third kappa shape index (κ3) is 3.84. The molecule has 0 amide bonds. The minimum Gasteiger partial charge on any atom is -0.377 e. The van der Waals surface area contributed by atoms with Crippen molar-refractivity contribution >= 4 is 5.69 Å². The number of H-pyrrole nitrogens is 1. The predicted molar refractivity (Wildman–Crippen MR) is 83.7 cm³/mol. The molecule has 0 aliphatic carbocycles. The second-order valence-corrected chi connectivity index (χ2v) is 5.04. The smallest absolute Gasteiger partial charge is 0.0651 e. The van der Waals surface area contributed by atoms with Crippen LogP contribution < -0.4 is 5.32 Å². The average molecular weight is 272 g/mol. The lowest BCUT2D eigenvalue weighted by Crippen LogP contribution is -2.22. The molecule has 2 aromatic rings. The Balaban J connectivity index is 2.02. The van der Waals surface area contributed by atoms with Gasteiger partial charge < -0.3 is 5.32 Å². The molecule has 4 nitrogen and oxygen atoms in total. The Bertz CT molecular complexity index is 503. The largest absolute Gasteiger partial charge is 0.377 e. The first-order chi connectivity index (χ1) is 9.72. The second kappa shape index (κ2) is 7.10. The molecule has 2 rings (SSSR count). The molecule has 1 unspecified atom stereocenters. The highest BCUT2D eigenvalue weighted by molar-refractivity contribution is 5.47. The Morgan fingerprint density at radius 1 is 1.25 bits per heavy atom. The van der Waals surface area contributed by atoms with Crippen LogP contribution in [-0.4, -0.2) is 28.2 Å². The fourth-order valence-corrected chi connectivity index (χ4v) is 2.30. The van der Waals surface area contributed by atoms with E-state index < -0.39 is 0 Å². The first-order valence-electron chi connectivity index (χ1n) is 7.30. The van der Waals surface area contributed by atoms with Crippen molar-refractivity contribution in [3.8, 4) is 0 Å². The van der Waals surface area contributed by atoms with E-state index in [1.165, 1.54) is 5.56 Å². The third-order valence-electron chi connectivity index (χ3n) is 3.60. The molecule has 20 heavy (non-hydrogen) atoms. The van der Waals surface area contributed by atoms with Crippen LogP contribution in [0.15, 0.2) is 36.5 Å². The lowest BCUT2D eigenvalue weighted by atomic mass is 10.1. The van der Waals surface area contributed by atoms with Crippen molar-refractivity contribution in [2.45, 2.75) is 33.4 Å². The van der Waals surface area contributed by atoms with Crippen molar-refractivity contribution < 1.29 is 0 Å². The molecule has 0 spiro atoms. The van der Waals surface area contributed by atoms with E-state index in [-0.39, 0.29) is 6.04 Å². The topological polar surface area (TPSA) is 44.0 Å². The molecule has 108 valence electrons.